The lowest BCUT2D eigenvalue weighted by molar-refractivity contribution is -0.0985. The molecule has 0 bridgehead atoms. The summed E-state index contributed by atoms with van der Waals surface area (Å²) >= 11 is 14.3. The predicted molar refractivity (Wildman–Crippen MR) is 100 cm³/mol. The van der Waals surface area contributed by atoms with Gasteiger partial charge in [0.1, 0.15) is 0 Å². The average Bonchev–Trinajstić information content (AvgIpc) is 2.86. The maximum atomic E-state index is 7.29. The van der Waals surface area contributed by atoms with Crippen LogP contribution in [-0.2, 0) is 0 Å². The zero-order valence-corrected chi connectivity index (χ0v) is 16.7. The van der Waals surface area contributed by atoms with E-state index in [0.29, 0.717) is 5.41 Å². The fourth-order valence-electron chi connectivity index (χ4n) is 7.99. The van der Waals surface area contributed by atoms with Crippen LogP contribution >= 0.6 is 23.2 Å². The molecule has 0 heterocycles. The third kappa shape index (κ3) is 2.09. The Hall–Kier alpha value is 0.580. The number of fused-ring (bicyclic) bond motifs is 5. The molecule has 2 heteroatoms. The van der Waals surface area contributed by atoms with Gasteiger partial charge in [-0.1, -0.05) is 40.0 Å². The van der Waals surface area contributed by atoms with Gasteiger partial charge < -0.3 is 0 Å². The minimum atomic E-state index is -0.134. The first-order chi connectivity index (χ1) is 10.9. The molecule has 0 nitrogen and oxygen atoms in total. The molecule has 0 spiro atoms. The van der Waals surface area contributed by atoms with Crippen molar-refractivity contribution in [1.82, 2.24) is 0 Å². The van der Waals surface area contributed by atoms with Gasteiger partial charge in [0.2, 0.25) is 0 Å². The molecular weight excluding hydrogens is 323 g/mol. The quantitative estimate of drug-likeness (QED) is 0.442. The van der Waals surface area contributed by atoms with Crippen molar-refractivity contribution in [2.24, 2.45) is 34.5 Å². The minimum Gasteiger partial charge on any atom is -0.121 e. The molecule has 0 saturated heterocycles. The normalized spacial score (nSPS) is 59.1. The number of alkyl halides is 2. The van der Waals surface area contributed by atoms with E-state index >= 15 is 0 Å². The lowest BCUT2D eigenvalue weighted by atomic mass is 9.44. The molecule has 4 rings (SSSR count). The largest absolute Gasteiger partial charge is 0.121 e. The molecule has 0 amide bonds. The summed E-state index contributed by atoms with van der Waals surface area (Å²) in [7, 11) is 0. The molecule has 8 atom stereocenters. The summed E-state index contributed by atoms with van der Waals surface area (Å²) < 4.78 is 0. The van der Waals surface area contributed by atoms with Crippen molar-refractivity contribution in [3.63, 3.8) is 0 Å². The van der Waals surface area contributed by atoms with Crippen molar-refractivity contribution in [2.45, 2.75) is 95.2 Å². The van der Waals surface area contributed by atoms with E-state index in [9.17, 15) is 0 Å². The number of hydrogen-bond donors (Lipinski definition) is 0. The molecule has 23 heavy (non-hydrogen) atoms. The van der Waals surface area contributed by atoms with Crippen LogP contribution in [0.4, 0.5) is 0 Å². The summed E-state index contributed by atoms with van der Waals surface area (Å²) in [5, 5.41) is 0.179. The van der Waals surface area contributed by atoms with Gasteiger partial charge in [-0.3, -0.25) is 0 Å². The smallest absolute Gasteiger partial charge is 0.0666 e. The summed E-state index contributed by atoms with van der Waals surface area (Å²) in [6.07, 6.45) is 13.4. The second-order valence-electron chi connectivity index (χ2n) is 9.79. The van der Waals surface area contributed by atoms with Crippen molar-refractivity contribution >= 4 is 23.2 Å². The topological polar surface area (TPSA) is 0 Å². The van der Waals surface area contributed by atoms with E-state index in [2.05, 4.69) is 20.8 Å². The standard InChI is InChI=1S/C21H34Cl2/c1-4-14-7-8-16-15-13-18(22)21(23)11-6-5-10-20(21,3)17(15)9-12-19(14,16)2/h14-18H,4-13H2,1-3H3/t14-,15-,16-,17-,18?,19+,20+,21?/m0/s1. The Balaban J connectivity index is 1.70. The lowest BCUT2D eigenvalue weighted by Gasteiger charge is -2.64. The zero-order chi connectivity index (χ0) is 16.5. The van der Waals surface area contributed by atoms with Crippen LogP contribution in [0.2, 0.25) is 0 Å². The van der Waals surface area contributed by atoms with Crippen molar-refractivity contribution < 1.29 is 0 Å². The first-order valence-electron chi connectivity index (χ1n) is 10.2. The minimum absolute atomic E-state index is 0.134. The van der Waals surface area contributed by atoms with Gasteiger partial charge >= 0.3 is 0 Å². The first kappa shape index (κ1) is 17.0. The predicted octanol–water partition coefficient (Wildman–Crippen LogP) is 7.02. The Bertz CT molecular complexity index is 476. The number of halogens is 2. The maximum absolute atomic E-state index is 7.29. The monoisotopic (exact) mass is 356 g/mol. The molecule has 0 aromatic heterocycles. The second-order valence-corrected chi connectivity index (χ2v) is 11.0. The molecule has 4 aliphatic rings. The van der Waals surface area contributed by atoms with Gasteiger partial charge in [0.05, 0.1) is 10.3 Å². The van der Waals surface area contributed by atoms with Crippen LogP contribution in [-0.4, -0.2) is 10.3 Å². The number of rotatable bonds is 1. The van der Waals surface area contributed by atoms with Crippen molar-refractivity contribution in [3.8, 4) is 0 Å². The molecule has 132 valence electrons. The van der Waals surface area contributed by atoms with Crippen molar-refractivity contribution in [1.29, 1.82) is 0 Å². The Kier molecular flexibility index (Phi) is 4.10. The summed E-state index contributed by atoms with van der Waals surface area (Å²) in [4.78, 5) is -0.134. The maximum Gasteiger partial charge on any atom is 0.0666 e. The molecule has 4 saturated carbocycles. The van der Waals surface area contributed by atoms with E-state index in [1.165, 1.54) is 57.8 Å². The van der Waals surface area contributed by atoms with Gasteiger partial charge in [0.15, 0.2) is 0 Å². The molecule has 0 aromatic carbocycles. The summed E-state index contributed by atoms with van der Waals surface area (Å²) in [6.45, 7) is 7.53. The highest BCUT2D eigenvalue weighted by Crippen LogP contribution is 2.70. The molecule has 4 aliphatic carbocycles. The Morgan fingerprint density at radius 1 is 0.957 bits per heavy atom. The van der Waals surface area contributed by atoms with E-state index in [0.717, 1.165) is 30.1 Å². The van der Waals surface area contributed by atoms with E-state index in [1.54, 1.807) is 0 Å². The van der Waals surface area contributed by atoms with Crippen LogP contribution in [0.15, 0.2) is 0 Å². The SMILES string of the molecule is CC[C@H]1CC[C@H]2[C@@H]3CC(Cl)C4(Cl)CCCC[C@]4(C)[C@H]3CC[C@]12C. The van der Waals surface area contributed by atoms with E-state index in [4.69, 9.17) is 23.2 Å². The van der Waals surface area contributed by atoms with Crippen LogP contribution in [0.3, 0.4) is 0 Å². The Labute approximate surface area is 153 Å². The van der Waals surface area contributed by atoms with Gasteiger partial charge in [-0.25, -0.2) is 0 Å². The van der Waals surface area contributed by atoms with Gasteiger partial charge in [-0.15, -0.1) is 23.2 Å². The summed E-state index contributed by atoms with van der Waals surface area (Å²) in [5.74, 6) is 3.52. The average molecular weight is 357 g/mol. The molecule has 0 radical (unpaired) electrons. The molecule has 0 aliphatic heterocycles. The van der Waals surface area contributed by atoms with E-state index in [1.807, 2.05) is 0 Å². The Morgan fingerprint density at radius 2 is 1.70 bits per heavy atom. The van der Waals surface area contributed by atoms with Gasteiger partial charge in [-0.05, 0) is 79.4 Å². The molecule has 2 unspecified atom stereocenters. The van der Waals surface area contributed by atoms with Crippen molar-refractivity contribution in [3.05, 3.63) is 0 Å². The van der Waals surface area contributed by atoms with Crippen LogP contribution in [0, 0.1) is 34.5 Å². The van der Waals surface area contributed by atoms with E-state index < -0.39 is 0 Å². The zero-order valence-electron chi connectivity index (χ0n) is 15.2. The number of hydrogen-bond acceptors (Lipinski definition) is 0. The highest BCUT2D eigenvalue weighted by Gasteiger charge is 2.65. The molecule has 0 aromatic rings. The molecule has 4 fully saturated rings. The second kappa shape index (κ2) is 5.54. The van der Waals surface area contributed by atoms with Crippen LogP contribution in [0.25, 0.3) is 0 Å². The molecular formula is C21H34Cl2. The third-order valence-corrected chi connectivity index (χ3v) is 10.9. The fourth-order valence-corrected chi connectivity index (χ4v) is 9.01. The Morgan fingerprint density at radius 3 is 2.43 bits per heavy atom. The third-order valence-electron chi connectivity index (χ3n) is 9.36. The van der Waals surface area contributed by atoms with Gasteiger partial charge in [0, 0.05) is 0 Å². The lowest BCUT2D eigenvalue weighted by Crippen LogP contribution is -2.63. The summed E-state index contributed by atoms with van der Waals surface area (Å²) in [6, 6.07) is 0. The highest BCUT2D eigenvalue weighted by molar-refractivity contribution is 6.33. The van der Waals surface area contributed by atoms with Gasteiger partial charge in [-0.2, -0.15) is 0 Å². The fraction of sp³-hybridized carbons (Fsp3) is 1.00. The summed E-state index contributed by atoms with van der Waals surface area (Å²) in [5.41, 5.74) is 0.859. The first-order valence-corrected chi connectivity index (χ1v) is 11.0. The molecule has 0 N–H and O–H groups in total. The van der Waals surface area contributed by atoms with Crippen LogP contribution < -0.4 is 0 Å². The van der Waals surface area contributed by atoms with Crippen LogP contribution in [0.1, 0.15) is 85.0 Å². The van der Waals surface area contributed by atoms with Crippen LogP contribution in [0.5, 0.6) is 0 Å². The van der Waals surface area contributed by atoms with E-state index in [-0.39, 0.29) is 15.7 Å². The van der Waals surface area contributed by atoms with Gasteiger partial charge in [0.25, 0.3) is 0 Å². The highest BCUT2D eigenvalue weighted by atomic mass is 35.5. The van der Waals surface area contributed by atoms with Crippen molar-refractivity contribution in [2.75, 3.05) is 0 Å².